The van der Waals surface area contributed by atoms with Crippen molar-refractivity contribution in [3.63, 3.8) is 0 Å². The van der Waals surface area contributed by atoms with Gasteiger partial charge in [-0.3, -0.25) is 4.79 Å². The van der Waals surface area contributed by atoms with Gasteiger partial charge >= 0.3 is 0 Å². The number of sulfone groups is 1. The van der Waals surface area contributed by atoms with E-state index in [-0.39, 0.29) is 23.2 Å². The third-order valence-corrected chi connectivity index (χ3v) is 4.88. The minimum absolute atomic E-state index is 0.120. The summed E-state index contributed by atoms with van der Waals surface area (Å²) < 4.78 is 22.5. The van der Waals surface area contributed by atoms with E-state index in [1.54, 1.807) is 11.3 Å². The summed E-state index contributed by atoms with van der Waals surface area (Å²) in [5, 5.41) is 9.76. The van der Waals surface area contributed by atoms with Crippen LogP contribution in [-0.2, 0) is 21.1 Å². The van der Waals surface area contributed by atoms with Gasteiger partial charge in [-0.2, -0.15) is 0 Å². The number of hydrogen-bond donors (Lipinski definition) is 1. The lowest BCUT2D eigenvalue weighted by molar-refractivity contribution is -0.115. The number of thiophene rings is 1. The molecule has 0 spiro atoms. The van der Waals surface area contributed by atoms with Crippen molar-refractivity contribution in [1.29, 1.82) is 0 Å². The summed E-state index contributed by atoms with van der Waals surface area (Å²) in [6.07, 6.45) is 1.32. The molecule has 0 saturated carbocycles. The first-order chi connectivity index (χ1) is 9.75. The largest absolute Gasteiger partial charge is 0.309 e. The van der Waals surface area contributed by atoms with E-state index in [9.17, 15) is 13.2 Å². The lowest BCUT2D eigenvalue weighted by atomic mass is 10.2. The fourth-order valence-electron chi connectivity index (χ4n) is 1.78. The number of nitrogens with one attached hydrogen (secondary N) is 1. The maximum absolute atomic E-state index is 11.9. The molecule has 112 valence electrons. The van der Waals surface area contributed by atoms with Gasteiger partial charge in [0, 0.05) is 16.0 Å². The number of carbonyl (C=O) groups is 1. The van der Waals surface area contributed by atoms with Crippen molar-refractivity contribution >= 4 is 32.9 Å². The molecule has 8 heteroatoms. The van der Waals surface area contributed by atoms with Gasteiger partial charge in [-0.15, -0.1) is 21.5 Å². The second-order valence-corrected chi connectivity index (χ2v) is 8.02. The molecule has 21 heavy (non-hydrogen) atoms. The molecule has 2 rings (SSSR count). The number of aromatic nitrogens is 2. The summed E-state index contributed by atoms with van der Waals surface area (Å²) in [6, 6.07) is 4.78. The zero-order valence-corrected chi connectivity index (χ0v) is 13.5. The van der Waals surface area contributed by atoms with Crippen LogP contribution in [0.3, 0.4) is 0 Å². The lowest BCUT2D eigenvalue weighted by Gasteiger charge is -2.04. The predicted molar refractivity (Wildman–Crippen MR) is 81.3 cm³/mol. The maximum atomic E-state index is 11.9. The molecule has 0 bridgehead atoms. The third kappa shape index (κ3) is 4.08. The molecule has 2 heterocycles. The summed E-state index contributed by atoms with van der Waals surface area (Å²) in [6.45, 7) is 3.96. The molecular weight excluding hydrogens is 310 g/mol. The first kappa shape index (κ1) is 15.6. The van der Waals surface area contributed by atoms with Crippen LogP contribution in [0.4, 0.5) is 5.82 Å². The molecule has 2 aromatic rings. The topological polar surface area (TPSA) is 89.0 Å². The molecule has 2 aromatic heterocycles. The van der Waals surface area contributed by atoms with Gasteiger partial charge in [0.05, 0.1) is 6.42 Å². The number of aryl methyl sites for hydroxylation is 2. The quantitative estimate of drug-likeness (QED) is 0.925. The smallest absolute Gasteiger partial charge is 0.230 e. The van der Waals surface area contributed by atoms with Crippen molar-refractivity contribution < 1.29 is 13.2 Å². The van der Waals surface area contributed by atoms with Crippen LogP contribution in [0.15, 0.2) is 23.2 Å². The van der Waals surface area contributed by atoms with Crippen LogP contribution in [0, 0.1) is 13.8 Å². The Morgan fingerprint density at radius 1 is 1.29 bits per heavy atom. The number of nitrogens with zero attached hydrogens (tertiary/aromatic N) is 2. The van der Waals surface area contributed by atoms with Gasteiger partial charge in [-0.05, 0) is 37.6 Å². The number of carbonyl (C=O) groups excluding carboxylic acids is 1. The molecule has 1 amide bonds. The molecule has 0 atom stereocenters. The molecule has 0 radical (unpaired) electrons. The van der Waals surface area contributed by atoms with Crippen molar-refractivity contribution in [1.82, 2.24) is 10.2 Å². The highest BCUT2D eigenvalue weighted by Crippen LogP contribution is 2.21. The van der Waals surface area contributed by atoms with E-state index in [4.69, 9.17) is 0 Å². The molecule has 1 N–H and O–H groups in total. The Bertz CT molecular complexity index is 764. The summed E-state index contributed by atoms with van der Waals surface area (Å²) in [4.78, 5) is 14.1. The third-order valence-electron chi connectivity index (χ3n) is 2.75. The van der Waals surface area contributed by atoms with E-state index in [0.29, 0.717) is 0 Å². The van der Waals surface area contributed by atoms with Gasteiger partial charge in [-0.25, -0.2) is 8.42 Å². The zero-order valence-electron chi connectivity index (χ0n) is 11.9. The molecule has 0 aromatic carbocycles. The minimum Gasteiger partial charge on any atom is -0.309 e. The van der Waals surface area contributed by atoms with E-state index in [1.807, 2.05) is 19.9 Å². The van der Waals surface area contributed by atoms with Crippen LogP contribution >= 0.6 is 11.3 Å². The summed E-state index contributed by atoms with van der Waals surface area (Å²) in [5.41, 5.74) is 1.09. The summed E-state index contributed by atoms with van der Waals surface area (Å²) >= 11 is 1.58. The van der Waals surface area contributed by atoms with Crippen LogP contribution in [0.5, 0.6) is 0 Å². The summed E-state index contributed by atoms with van der Waals surface area (Å²) in [7, 11) is -3.38. The SMILES string of the molecule is Cc1cc(C)c(CC(=O)Nc2ccc(S(C)(=O)=O)nn2)s1. The Balaban J connectivity index is 2.05. The van der Waals surface area contributed by atoms with Crippen LogP contribution in [0.1, 0.15) is 15.3 Å². The lowest BCUT2D eigenvalue weighted by Crippen LogP contribution is -2.16. The molecule has 0 aliphatic rings. The van der Waals surface area contributed by atoms with E-state index < -0.39 is 9.84 Å². The van der Waals surface area contributed by atoms with Crippen LogP contribution < -0.4 is 5.32 Å². The second-order valence-electron chi connectivity index (χ2n) is 4.72. The maximum Gasteiger partial charge on any atom is 0.230 e. The highest BCUT2D eigenvalue weighted by molar-refractivity contribution is 7.90. The van der Waals surface area contributed by atoms with E-state index in [1.165, 1.54) is 12.1 Å². The minimum atomic E-state index is -3.38. The van der Waals surface area contributed by atoms with Gasteiger partial charge < -0.3 is 5.32 Å². The van der Waals surface area contributed by atoms with Gasteiger partial charge in [0.2, 0.25) is 5.91 Å². The zero-order chi connectivity index (χ0) is 15.6. The van der Waals surface area contributed by atoms with Gasteiger partial charge in [0.25, 0.3) is 0 Å². The van der Waals surface area contributed by atoms with Crippen molar-refractivity contribution in [3.05, 3.63) is 33.5 Å². The molecular formula is C13H15N3O3S2. The number of anilines is 1. The Labute approximate surface area is 127 Å². The number of amides is 1. The Morgan fingerprint density at radius 3 is 2.48 bits per heavy atom. The highest BCUT2D eigenvalue weighted by Gasteiger charge is 2.12. The fourth-order valence-corrected chi connectivity index (χ4v) is 3.33. The monoisotopic (exact) mass is 325 g/mol. The standard InChI is InChI=1S/C13H15N3O3S2/c1-8-6-9(2)20-10(8)7-12(17)14-11-4-5-13(16-15-11)21(3,18)19/h4-6H,7H2,1-3H3,(H,14,15,17). The average Bonchev–Trinajstić information content (AvgIpc) is 2.67. The van der Waals surface area contributed by atoms with Crippen molar-refractivity contribution in [2.45, 2.75) is 25.3 Å². The van der Waals surface area contributed by atoms with E-state index in [0.717, 1.165) is 21.6 Å². The Morgan fingerprint density at radius 2 is 2.00 bits per heavy atom. The van der Waals surface area contributed by atoms with E-state index in [2.05, 4.69) is 15.5 Å². The highest BCUT2D eigenvalue weighted by atomic mass is 32.2. The van der Waals surface area contributed by atoms with Crippen molar-refractivity contribution in [2.24, 2.45) is 0 Å². The molecule has 0 saturated heterocycles. The average molecular weight is 325 g/mol. The predicted octanol–water partition coefficient (Wildman–Crippen LogP) is 1.74. The Hall–Kier alpha value is -1.80. The van der Waals surface area contributed by atoms with Crippen LogP contribution in [-0.4, -0.2) is 30.8 Å². The first-order valence-corrected chi connectivity index (χ1v) is 8.86. The fraction of sp³-hybridized carbons (Fsp3) is 0.308. The van der Waals surface area contributed by atoms with Gasteiger partial charge in [-0.1, -0.05) is 0 Å². The van der Waals surface area contributed by atoms with Gasteiger partial charge in [0.15, 0.2) is 20.7 Å². The van der Waals surface area contributed by atoms with E-state index >= 15 is 0 Å². The van der Waals surface area contributed by atoms with Crippen LogP contribution in [0.25, 0.3) is 0 Å². The molecule has 0 fully saturated rings. The normalized spacial score (nSPS) is 11.4. The Kier molecular flexibility index (Phi) is 4.38. The number of rotatable bonds is 4. The van der Waals surface area contributed by atoms with Crippen molar-refractivity contribution in [2.75, 3.05) is 11.6 Å². The number of hydrogen-bond acceptors (Lipinski definition) is 6. The molecule has 0 unspecified atom stereocenters. The molecule has 0 aliphatic heterocycles. The second kappa shape index (κ2) is 5.90. The first-order valence-electron chi connectivity index (χ1n) is 6.15. The van der Waals surface area contributed by atoms with Crippen molar-refractivity contribution in [3.8, 4) is 0 Å². The van der Waals surface area contributed by atoms with Gasteiger partial charge in [0.1, 0.15) is 0 Å². The molecule has 6 nitrogen and oxygen atoms in total. The van der Waals surface area contributed by atoms with Crippen LogP contribution in [0.2, 0.25) is 0 Å². The molecule has 0 aliphatic carbocycles. The summed E-state index contributed by atoms with van der Waals surface area (Å²) in [5.74, 6) is 0.0275.